The summed E-state index contributed by atoms with van der Waals surface area (Å²) in [6.45, 7) is 4.53. The van der Waals surface area contributed by atoms with Gasteiger partial charge in [-0.25, -0.2) is 0 Å². The van der Waals surface area contributed by atoms with Crippen molar-refractivity contribution in [3.63, 3.8) is 0 Å². The number of Topliss-reactive ketones (excluding diaryl/α,β-unsaturated/α-hetero) is 1. The van der Waals surface area contributed by atoms with E-state index in [4.69, 9.17) is 4.74 Å². The van der Waals surface area contributed by atoms with E-state index >= 15 is 0 Å². The molecule has 0 aliphatic carbocycles. The molecule has 4 nitrogen and oxygen atoms in total. The molecule has 0 saturated carbocycles. The van der Waals surface area contributed by atoms with Crippen LogP contribution in [-0.2, 0) is 13.0 Å². The predicted molar refractivity (Wildman–Crippen MR) is 101 cm³/mol. The Bertz CT molecular complexity index is 956. The molecule has 2 heterocycles. The van der Waals surface area contributed by atoms with E-state index in [0.29, 0.717) is 11.3 Å². The third-order valence-corrected chi connectivity index (χ3v) is 4.97. The Morgan fingerprint density at radius 3 is 2.80 bits per heavy atom. The summed E-state index contributed by atoms with van der Waals surface area (Å²) in [7, 11) is 1.62. The van der Waals surface area contributed by atoms with Gasteiger partial charge in [-0.2, -0.15) is 0 Å². The van der Waals surface area contributed by atoms with Crippen molar-refractivity contribution in [2.24, 2.45) is 0 Å². The molecule has 25 heavy (non-hydrogen) atoms. The SMILES string of the molecule is COc1ccc(-c2cccc3cc4n(c23)CCNCC4)c(C(C)=O)c1. The van der Waals surface area contributed by atoms with Crippen molar-refractivity contribution < 1.29 is 9.53 Å². The van der Waals surface area contributed by atoms with Crippen LogP contribution in [0.15, 0.2) is 42.5 Å². The minimum absolute atomic E-state index is 0.0511. The predicted octanol–water partition coefficient (Wildman–Crippen LogP) is 3.67. The number of benzene rings is 2. The van der Waals surface area contributed by atoms with Gasteiger partial charge in [0.15, 0.2) is 5.78 Å². The average molecular weight is 334 g/mol. The zero-order chi connectivity index (χ0) is 17.4. The molecule has 0 radical (unpaired) electrons. The quantitative estimate of drug-likeness (QED) is 0.743. The van der Waals surface area contributed by atoms with Crippen molar-refractivity contribution >= 4 is 16.7 Å². The molecular formula is C21H22N2O2. The van der Waals surface area contributed by atoms with Crippen LogP contribution in [0.5, 0.6) is 5.75 Å². The maximum absolute atomic E-state index is 12.3. The number of fused-ring (bicyclic) bond motifs is 3. The first-order valence-corrected chi connectivity index (χ1v) is 8.70. The number of hydrogen-bond donors (Lipinski definition) is 1. The van der Waals surface area contributed by atoms with Gasteiger partial charge >= 0.3 is 0 Å². The number of aromatic nitrogens is 1. The number of nitrogens with zero attached hydrogens (tertiary/aromatic N) is 1. The zero-order valence-corrected chi connectivity index (χ0v) is 14.6. The van der Waals surface area contributed by atoms with Crippen molar-refractivity contribution in [1.29, 1.82) is 0 Å². The fraction of sp³-hybridized carbons (Fsp3) is 0.286. The highest BCUT2D eigenvalue weighted by molar-refractivity contribution is 6.05. The average Bonchev–Trinajstić information content (AvgIpc) is 2.82. The molecule has 0 fully saturated rings. The van der Waals surface area contributed by atoms with Crippen molar-refractivity contribution in [1.82, 2.24) is 9.88 Å². The Balaban J connectivity index is 1.99. The first-order valence-electron chi connectivity index (χ1n) is 8.70. The van der Waals surface area contributed by atoms with Gasteiger partial charge < -0.3 is 14.6 Å². The Kier molecular flexibility index (Phi) is 4.06. The second-order valence-electron chi connectivity index (χ2n) is 6.50. The van der Waals surface area contributed by atoms with Crippen LogP contribution < -0.4 is 10.1 Å². The van der Waals surface area contributed by atoms with Gasteiger partial charge in [-0.15, -0.1) is 0 Å². The molecule has 4 rings (SSSR count). The van der Waals surface area contributed by atoms with Gasteiger partial charge in [0.25, 0.3) is 0 Å². The molecule has 4 heteroatoms. The Morgan fingerprint density at radius 1 is 1.12 bits per heavy atom. The van der Waals surface area contributed by atoms with Crippen molar-refractivity contribution in [2.75, 3.05) is 20.2 Å². The molecule has 1 N–H and O–H groups in total. The summed E-state index contributed by atoms with van der Waals surface area (Å²) in [6, 6.07) is 14.4. The monoisotopic (exact) mass is 334 g/mol. The summed E-state index contributed by atoms with van der Waals surface area (Å²) >= 11 is 0. The van der Waals surface area contributed by atoms with Crippen LogP contribution in [0.25, 0.3) is 22.0 Å². The highest BCUT2D eigenvalue weighted by atomic mass is 16.5. The van der Waals surface area contributed by atoms with Gasteiger partial charge in [-0.05, 0) is 36.8 Å². The molecule has 128 valence electrons. The van der Waals surface area contributed by atoms with E-state index in [9.17, 15) is 4.79 Å². The second-order valence-corrected chi connectivity index (χ2v) is 6.50. The topological polar surface area (TPSA) is 43.3 Å². The molecule has 0 bridgehead atoms. The molecule has 3 aromatic rings. The largest absolute Gasteiger partial charge is 0.497 e. The zero-order valence-electron chi connectivity index (χ0n) is 14.6. The number of methoxy groups -OCH3 is 1. The van der Waals surface area contributed by atoms with Crippen LogP contribution in [0.3, 0.4) is 0 Å². The summed E-state index contributed by atoms with van der Waals surface area (Å²) in [5.74, 6) is 0.759. The van der Waals surface area contributed by atoms with E-state index < -0.39 is 0 Å². The van der Waals surface area contributed by atoms with E-state index in [-0.39, 0.29) is 5.78 Å². The van der Waals surface area contributed by atoms with Gasteiger partial charge in [-0.1, -0.05) is 18.2 Å². The molecule has 2 aromatic carbocycles. The molecule has 0 spiro atoms. The second kappa shape index (κ2) is 6.37. The number of hydrogen-bond acceptors (Lipinski definition) is 3. The first kappa shape index (κ1) is 15.9. The summed E-state index contributed by atoms with van der Waals surface area (Å²) in [4.78, 5) is 12.3. The minimum atomic E-state index is 0.0511. The molecule has 0 amide bonds. The van der Waals surface area contributed by atoms with Crippen molar-refractivity contribution in [3.8, 4) is 16.9 Å². The summed E-state index contributed by atoms with van der Waals surface area (Å²) in [5, 5.41) is 4.69. The van der Waals surface area contributed by atoms with E-state index in [1.54, 1.807) is 14.0 Å². The van der Waals surface area contributed by atoms with Gasteiger partial charge in [0, 0.05) is 48.3 Å². The van der Waals surface area contributed by atoms with Gasteiger partial charge in [0.1, 0.15) is 5.75 Å². The van der Waals surface area contributed by atoms with E-state index in [1.165, 1.54) is 16.6 Å². The third-order valence-electron chi connectivity index (χ3n) is 4.97. The smallest absolute Gasteiger partial charge is 0.160 e. The van der Waals surface area contributed by atoms with Gasteiger partial charge in [0.2, 0.25) is 0 Å². The number of ketones is 1. The molecule has 0 saturated heterocycles. The number of nitrogens with one attached hydrogen (secondary N) is 1. The Labute approximate surface area is 147 Å². The minimum Gasteiger partial charge on any atom is -0.497 e. The van der Waals surface area contributed by atoms with Gasteiger partial charge in [0.05, 0.1) is 12.6 Å². The van der Waals surface area contributed by atoms with Crippen LogP contribution in [-0.4, -0.2) is 30.5 Å². The maximum atomic E-state index is 12.3. The lowest BCUT2D eigenvalue weighted by molar-refractivity contribution is 0.101. The standard InChI is InChI=1S/C21H22N2O2/c1-14(24)20-13-17(25-2)6-7-18(20)19-5-3-4-15-12-16-8-9-22-10-11-23(16)21(15)19/h3-7,12-13,22H,8-11H2,1-2H3. The van der Waals surface area contributed by atoms with Crippen LogP contribution in [0.1, 0.15) is 23.0 Å². The highest BCUT2D eigenvalue weighted by Gasteiger charge is 2.18. The molecule has 1 aromatic heterocycles. The first-order chi connectivity index (χ1) is 12.2. The number of carbonyl (C=O) groups is 1. The molecular weight excluding hydrogens is 312 g/mol. The third kappa shape index (κ3) is 2.72. The number of para-hydroxylation sites is 1. The Morgan fingerprint density at radius 2 is 2.00 bits per heavy atom. The fourth-order valence-corrected chi connectivity index (χ4v) is 3.77. The fourth-order valence-electron chi connectivity index (χ4n) is 3.77. The van der Waals surface area contributed by atoms with Crippen LogP contribution >= 0.6 is 0 Å². The van der Waals surface area contributed by atoms with Crippen molar-refractivity contribution in [2.45, 2.75) is 19.9 Å². The Hall–Kier alpha value is -2.59. The van der Waals surface area contributed by atoms with Crippen LogP contribution in [0.2, 0.25) is 0 Å². The number of carbonyl (C=O) groups excluding carboxylic acids is 1. The van der Waals surface area contributed by atoms with Crippen LogP contribution in [0, 0.1) is 0 Å². The lowest BCUT2D eigenvalue weighted by Crippen LogP contribution is -2.17. The maximum Gasteiger partial charge on any atom is 0.160 e. The van der Waals surface area contributed by atoms with Gasteiger partial charge in [-0.3, -0.25) is 4.79 Å². The van der Waals surface area contributed by atoms with E-state index in [2.05, 4.69) is 34.1 Å². The normalized spacial score (nSPS) is 14.2. The lowest BCUT2D eigenvalue weighted by Gasteiger charge is -2.14. The summed E-state index contributed by atoms with van der Waals surface area (Å²) in [6.07, 6.45) is 1.02. The lowest BCUT2D eigenvalue weighted by atomic mass is 9.95. The molecule has 0 atom stereocenters. The molecule has 1 aliphatic rings. The van der Waals surface area contributed by atoms with Crippen LogP contribution in [0.4, 0.5) is 0 Å². The molecule has 1 aliphatic heterocycles. The summed E-state index contributed by atoms with van der Waals surface area (Å²) < 4.78 is 7.71. The van der Waals surface area contributed by atoms with E-state index in [1.807, 2.05) is 18.2 Å². The number of ether oxygens (including phenoxy) is 1. The van der Waals surface area contributed by atoms with E-state index in [0.717, 1.165) is 37.2 Å². The number of rotatable bonds is 3. The highest BCUT2D eigenvalue weighted by Crippen LogP contribution is 2.35. The molecule has 0 unspecified atom stereocenters. The summed E-state index contributed by atoms with van der Waals surface area (Å²) in [5.41, 5.74) is 5.35. The van der Waals surface area contributed by atoms with Crippen molar-refractivity contribution in [3.05, 3.63) is 53.7 Å².